The summed E-state index contributed by atoms with van der Waals surface area (Å²) >= 11 is 0. The minimum Gasteiger partial charge on any atom is -0.341 e. The van der Waals surface area contributed by atoms with Crippen molar-refractivity contribution in [1.29, 1.82) is 0 Å². The molecule has 5 heteroatoms. The van der Waals surface area contributed by atoms with Crippen molar-refractivity contribution in [3.63, 3.8) is 0 Å². The fourth-order valence-corrected chi connectivity index (χ4v) is 3.17. The third-order valence-electron chi connectivity index (χ3n) is 4.35. The molecule has 0 radical (unpaired) electrons. The van der Waals surface area contributed by atoms with Gasteiger partial charge in [0.25, 0.3) is 0 Å². The van der Waals surface area contributed by atoms with Crippen molar-refractivity contribution in [3.05, 3.63) is 34.7 Å². The predicted octanol–water partition coefficient (Wildman–Crippen LogP) is 1.60. The van der Waals surface area contributed by atoms with E-state index < -0.39 is 0 Å². The van der Waals surface area contributed by atoms with E-state index in [1.165, 1.54) is 6.42 Å². The molecule has 1 aromatic heterocycles. The van der Waals surface area contributed by atoms with Crippen molar-refractivity contribution in [2.24, 2.45) is 13.0 Å². The number of hydrogen-bond acceptors (Lipinski definition) is 2. The highest BCUT2D eigenvalue weighted by Gasteiger charge is 2.22. The first-order chi connectivity index (χ1) is 10.1. The number of para-hydroxylation sites is 2. The fourth-order valence-electron chi connectivity index (χ4n) is 3.17. The number of amides is 1. The van der Waals surface area contributed by atoms with Crippen molar-refractivity contribution >= 4 is 16.9 Å². The van der Waals surface area contributed by atoms with E-state index in [1.807, 2.05) is 29.2 Å². The molecule has 1 aliphatic rings. The van der Waals surface area contributed by atoms with Crippen LogP contribution < -0.4 is 5.69 Å². The molecule has 5 nitrogen and oxygen atoms in total. The molecule has 1 amide bonds. The van der Waals surface area contributed by atoms with Crippen molar-refractivity contribution in [3.8, 4) is 0 Å². The molecule has 112 valence electrons. The minimum absolute atomic E-state index is 0.0417. The Morgan fingerprint density at radius 1 is 1.29 bits per heavy atom. The number of aromatic nitrogens is 2. The van der Waals surface area contributed by atoms with E-state index in [0.717, 1.165) is 30.5 Å². The molecule has 1 saturated heterocycles. The average molecular weight is 287 g/mol. The molecular weight excluding hydrogens is 266 g/mol. The van der Waals surface area contributed by atoms with Gasteiger partial charge in [0.05, 0.1) is 11.0 Å². The Morgan fingerprint density at radius 2 is 2.00 bits per heavy atom. The standard InChI is InChI=1S/C16H21N3O2/c1-12-6-5-9-18(10-12)15(20)11-19-14-8-4-3-7-13(14)17(2)16(19)21/h3-4,7-8,12H,5-6,9-11H2,1-2H3. The highest BCUT2D eigenvalue weighted by Crippen LogP contribution is 2.17. The Hall–Kier alpha value is -2.04. The number of benzene rings is 1. The molecule has 0 N–H and O–H groups in total. The summed E-state index contributed by atoms with van der Waals surface area (Å²) in [6.07, 6.45) is 2.23. The number of hydrogen-bond donors (Lipinski definition) is 0. The van der Waals surface area contributed by atoms with Crippen LogP contribution in [0.15, 0.2) is 29.1 Å². The monoisotopic (exact) mass is 287 g/mol. The topological polar surface area (TPSA) is 47.2 Å². The zero-order valence-electron chi connectivity index (χ0n) is 12.6. The van der Waals surface area contributed by atoms with Gasteiger partial charge < -0.3 is 4.90 Å². The van der Waals surface area contributed by atoms with Gasteiger partial charge in [0.15, 0.2) is 0 Å². The Balaban J connectivity index is 1.90. The number of carbonyl (C=O) groups excluding carboxylic acids is 1. The van der Waals surface area contributed by atoms with Crippen LogP contribution >= 0.6 is 0 Å². The zero-order chi connectivity index (χ0) is 15.0. The molecule has 1 aromatic carbocycles. The number of fused-ring (bicyclic) bond motifs is 1. The van der Waals surface area contributed by atoms with E-state index in [0.29, 0.717) is 5.92 Å². The lowest BCUT2D eigenvalue weighted by Crippen LogP contribution is -2.42. The second kappa shape index (κ2) is 5.39. The van der Waals surface area contributed by atoms with Crippen LogP contribution in [-0.2, 0) is 18.4 Å². The number of nitrogens with zero attached hydrogens (tertiary/aromatic N) is 3. The van der Waals surface area contributed by atoms with Crippen molar-refractivity contribution < 1.29 is 4.79 Å². The molecule has 1 fully saturated rings. The number of aryl methyl sites for hydroxylation is 1. The number of likely N-dealkylation sites (tertiary alicyclic amines) is 1. The minimum atomic E-state index is -0.130. The molecule has 0 saturated carbocycles. The summed E-state index contributed by atoms with van der Waals surface area (Å²) in [5.74, 6) is 0.590. The lowest BCUT2D eigenvalue weighted by Gasteiger charge is -2.31. The van der Waals surface area contributed by atoms with Gasteiger partial charge in [0.1, 0.15) is 6.54 Å². The maximum atomic E-state index is 12.5. The third kappa shape index (κ3) is 2.48. The molecule has 1 atom stereocenters. The number of rotatable bonds is 2. The largest absolute Gasteiger partial charge is 0.341 e. The van der Waals surface area contributed by atoms with Crippen LogP contribution in [0.5, 0.6) is 0 Å². The van der Waals surface area contributed by atoms with Crippen LogP contribution in [0.2, 0.25) is 0 Å². The molecule has 2 heterocycles. The molecule has 2 aromatic rings. The first-order valence-electron chi connectivity index (χ1n) is 7.50. The quantitative estimate of drug-likeness (QED) is 0.842. The smallest absolute Gasteiger partial charge is 0.329 e. The molecular formula is C16H21N3O2. The van der Waals surface area contributed by atoms with Gasteiger partial charge in [0, 0.05) is 20.1 Å². The maximum Gasteiger partial charge on any atom is 0.329 e. The molecule has 0 bridgehead atoms. The summed E-state index contributed by atoms with van der Waals surface area (Å²) in [5, 5.41) is 0. The Bertz CT molecular complexity index is 729. The van der Waals surface area contributed by atoms with Crippen LogP contribution in [0.1, 0.15) is 19.8 Å². The van der Waals surface area contributed by atoms with Gasteiger partial charge in [-0.25, -0.2) is 4.79 Å². The van der Waals surface area contributed by atoms with Gasteiger partial charge >= 0.3 is 5.69 Å². The van der Waals surface area contributed by atoms with Crippen LogP contribution in [0, 0.1) is 5.92 Å². The van der Waals surface area contributed by atoms with Crippen LogP contribution in [-0.4, -0.2) is 33.0 Å². The molecule has 0 aliphatic carbocycles. The molecule has 1 unspecified atom stereocenters. The lowest BCUT2D eigenvalue weighted by molar-refractivity contribution is -0.133. The Kier molecular flexibility index (Phi) is 3.57. The SMILES string of the molecule is CC1CCCN(C(=O)Cn2c(=O)n(C)c3ccccc32)C1. The summed E-state index contributed by atoms with van der Waals surface area (Å²) < 4.78 is 3.18. The van der Waals surface area contributed by atoms with E-state index in [9.17, 15) is 9.59 Å². The lowest BCUT2D eigenvalue weighted by atomic mass is 10.0. The van der Waals surface area contributed by atoms with E-state index in [2.05, 4.69) is 6.92 Å². The number of imidazole rings is 1. The normalized spacial score (nSPS) is 19.1. The van der Waals surface area contributed by atoms with Gasteiger partial charge in [-0.3, -0.25) is 13.9 Å². The molecule has 3 rings (SSSR count). The number of carbonyl (C=O) groups is 1. The van der Waals surface area contributed by atoms with E-state index in [1.54, 1.807) is 16.2 Å². The van der Waals surface area contributed by atoms with E-state index in [4.69, 9.17) is 0 Å². The fraction of sp³-hybridized carbons (Fsp3) is 0.500. The van der Waals surface area contributed by atoms with Gasteiger partial charge in [-0.2, -0.15) is 0 Å². The van der Waals surface area contributed by atoms with Gasteiger partial charge in [0.2, 0.25) is 5.91 Å². The molecule has 1 aliphatic heterocycles. The van der Waals surface area contributed by atoms with Crippen LogP contribution in [0.25, 0.3) is 11.0 Å². The predicted molar refractivity (Wildman–Crippen MR) is 82.2 cm³/mol. The average Bonchev–Trinajstić information content (AvgIpc) is 2.73. The van der Waals surface area contributed by atoms with Gasteiger partial charge in [-0.05, 0) is 30.9 Å². The maximum absolute atomic E-state index is 12.5. The third-order valence-corrected chi connectivity index (χ3v) is 4.35. The molecule has 21 heavy (non-hydrogen) atoms. The zero-order valence-corrected chi connectivity index (χ0v) is 12.6. The second-order valence-electron chi connectivity index (χ2n) is 6.00. The van der Waals surface area contributed by atoms with Crippen molar-refractivity contribution in [1.82, 2.24) is 14.0 Å². The Labute approximate surface area is 123 Å². The first kappa shape index (κ1) is 13.9. The summed E-state index contributed by atoms with van der Waals surface area (Å²) in [7, 11) is 1.74. The van der Waals surface area contributed by atoms with E-state index >= 15 is 0 Å². The number of piperidine rings is 1. The van der Waals surface area contributed by atoms with E-state index in [-0.39, 0.29) is 18.1 Å². The summed E-state index contributed by atoms with van der Waals surface area (Å²) in [6.45, 7) is 3.91. The summed E-state index contributed by atoms with van der Waals surface area (Å²) in [6, 6.07) is 7.59. The van der Waals surface area contributed by atoms with Gasteiger partial charge in [-0.1, -0.05) is 19.1 Å². The first-order valence-corrected chi connectivity index (χ1v) is 7.50. The van der Waals surface area contributed by atoms with Crippen molar-refractivity contribution in [2.45, 2.75) is 26.3 Å². The van der Waals surface area contributed by atoms with Crippen LogP contribution in [0.3, 0.4) is 0 Å². The second-order valence-corrected chi connectivity index (χ2v) is 6.00. The van der Waals surface area contributed by atoms with Gasteiger partial charge in [-0.15, -0.1) is 0 Å². The van der Waals surface area contributed by atoms with Crippen molar-refractivity contribution in [2.75, 3.05) is 13.1 Å². The Morgan fingerprint density at radius 3 is 2.71 bits per heavy atom. The molecule has 0 spiro atoms. The summed E-state index contributed by atoms with van der Waals surface area (Å²) in [5.41, 5.74) is 1.56. The highest BCUT2D eigenvalue weighted by atomic mass is 16.2. The van der Waals surface area contributed by atoms with Crippen LogP contribution in [0.4, 0.5) is 0 Å². The highest BCUT2D eigenvalue weighted by molar-refractivity contribution is 5.81. The summed E-state index contributed by atoms with van der Waals surface area (Å²) in [4.78, 5) is 26.7.